The number of hydrogen-bond donors (Lipinski definition) is 1. The smallest absolute Gasteiger partial charge is 0.227 e. The third-order valence-electron chi connectivity index (χ3n) is 3.97. The molecule has 0 aliphatic carbocycles. The molecule has 1 amide bonds. The van der Waals surface area contributed by atoms with Crippen molar-refractivity contribution >= 4 is 5.91 Å². The second-order valence-corrected chi connectivity index (χ2v) is 5.52. The van der Waals surface area contributed by atoms with Crippen LogP contribution in [0.25, 0.3) is 0 Å². The van der Waals surface area contributed by atoms with E-state index in [0.29, 0.717) is 18.6 Å². The van der Waals surface area contributed by atoms with Crippen molar-refractivity contribution in [1.82, 2.24) is 4.90 Å². The van der Waals surface area contributed by atoms with Gasteiger partial charge in [0.05, 0.1) is 6.42 Å². The van der Waals surface area contributed by atoms with E-state index in [9.17, 15) is 4.79 Å². The zero-order valence-corrected chi connectivity index (χ0v) is 12.7. The van der Waals surface area contributed by atoms with Gasteiger partial charge in [0, 0.05) is 19.2 Å². The number of rotatable bonds is 6. The third-order valence-corrected chi connectivity index (χ3v) is 3.97. The van der Waals surface area contributed by atoms with Gasteiger partial charge in [-0.05, 0) is 43.4 Å². The van der Waals surface area contributed by atoms with Crippen LogP contribution in [0.1, 0.15) is 31.2 Å². The van der Waals surface area contributed by atoms with E-state index in [2.05, 4.69) is 0 Å². The average molecular weight is 302 g/mol. The summed E-state index contributed by atoms with van der Waals surface area (Å²) < 4.78 is 5.26. The lowest BCUT2D eigenvalue weighted by Crippen LogP contribution is -2.44. The third kappa shape index (κ3) is 4.47. The van der Waals surface area contributed by atoms with Gasteiger partial charge in [0.2, 0.25) is 5.91 Å². The monoisotopic (exact) mass is 302 g/mol. The van der Waals surface area contributed by atoms with E-state index in [1.54, 1.807) is 12.1 Å². The maximum Gasteiger partial charge on any atom is 0.227 e. The van der Waals surface area contributed by atoms with Gasteiger partial charge in [-0.15, -0.1) is 0 Å². The van der Waals surface area contributed by atoms with E-state index >= 15 is 0 Å². The first kappa shape index (κ1) is 16.3. The van der Waals surface area contributed by atoms with Gasteiger partial charge in [0.1, 0.15) is 11.8 Å². The van der Waals surface area contributed by atoms with Crippen molar-refractivity contribution in [3.05, 3.63) is 29.8 Å². The molecule has 0 bridgehead atoms. The minimum absolute atomic E-state index is 0.00208. The van der Waals surface area contributed by atoms with Crippen molar-refractivity contribution in [2.45, 2.75) is 38.1 Å². The summed E-state index contributed by atoms with van der Waals surface area (Å²) in [5, 5.41) is 17.7. The van der Waals surface area contributed by atoms with Crippen molar-refractivity contribution in [1.29, 1.82) is 5.26 Å². The van der Waals surface area contributed by atoms with E-state index in [1.807, 2.05) is 23.1 Å². The molecule has 1 saturated heterocycles. The van der Waals surface area contributed by atoms with Crippen LogP contribution in [0.2, 0.25) is 0 Å². The van der Waals surface area contributed by atoms with Crippen LogP contribution in [0.5, 0.6) is 5.75 Å². The normalized spacial score (nSPS) is 17.8. The molecule has 1 aromatic rings. The summed E-state index contributed by atoms with van der Waals surface area (Å²) in [4.78, 5) is 14.4. The van der Waals surface area contributed by atoms with Crippen molar-refractivity contribution in [3.8, 4) is 11.8 Å². The second kappa shape index (κ2) is 8.40. The molecule has 5 nitrogen and oxygen atoms in total. The molecule has 2 rings (SSSR count). The van der Waals surface area contributed by atoms with E-state index < -0.39 is 0 Å². The van der Waals surface area contributed by atoms with Crippen LogP contribution in [0.4, 0.5) is 0 Å². The number of amides is 1. The Bertz CT molecular complexity index is 537. The number of likely N-dealkylation sites (tertiary alicyclic amines) is 1. The number of nitriles is 1. The maximum atomic E-state index is 12.5. The topological polar surface area (TPSA) is 73.6 Å². The Kier molecular flexibility index (Phi) is 6.23. The van der Waals surface area contributed by atoms with E-state index in [-0.39, 0.29) is 25.2 Å². The molecule has 1 atom stereocenters. The molecule has 1 N–H and O–H groups in total. The summed E-state index contributed by atoms with van der Waals surface area (Å²) in [6, 6.07) is 9.39. The van der Waals surface area contributed by atoms with Crippen LogP contribution >= 0.6 is 0 Å². The van der Waals surface area contributed by atoms with Gasteiger partial charge in [-0.1, -0.05) is 12.1 Å². The molecule has 0 saturated carbocycles. The molecule has 22 heavy (non-hydrogen) atoms. The molecule has 1 unspecified atom stereocenters. The van der Waals surface area contributed by atoms with Crippen molar-refractivity contribution < 1.29 is 14.6 Å². The number of carbonyl (C=O) groups is 1. The first-order chi connectivity index (χ1) is 10.7. The molecule has 1 heterocycles. The maximum absolute atomic E-state index is 12.5. The Morgan fingerprint density at radius 1 is 1.45 bits per heavy atom. The Morgan fingerprint density at radius 3 is 3.09 bits per heavy atom. The number of piperidine rings is 1. The van der Waals surface area contributed by atoms with Crippen LogP contribution in [-0.4, -0.2) is 41.7 Å². The van der Waals surface area contributed by atoms with Crippen LogP contribution in [0.3, 0.4) is 0 Å². The molecule has 1 fully saturated rings. The molecule has 5 heteroatoms. The average Bonchev–Trinajstić information content (AvgIpc) is 2.54. The summed E-state index contributed by atoms with van der Waals surface area (Å²) >= 11 is 0. The quantitative estimate of drug-likeness (QED) is 0.871. The Morgan fingerprint density at radius 2 is 2.32 bits per heavy atom. The van der Waals surface area contributed by atoms with Crippen molar-refractivity contribution in [3.63, 3.8) is 0 Å². The van der Waals surface area contributed by atoms with Gasteiger partial charge in [0.25, 0.3) is 0 Å². The van der Waals surface area contributed by atoms with E-state index in [0.717, 1.165) is 31.4 Å². The van der Waals surface area contributed by atoms with Gasteiger partial charge < -0.3 is 14.7 Å². The largest absolute Gasteiger partial charge is 0.479 e. The molecule has 0 radical (unpaired) electrons. The molecular weight excluding hydrogens is 280 g/mol. The SMILES string of the molecule is N#CCOc1cccc(CC(=O)N2CCCCC2CCO)c1. The fourth-order valence-electron chi connectivity index (χ4n) is 2.92. The Hall–Kier alpha value is -2.06. The zero-order chi connectivity index (χ0) is 15.8. The lowest BCUT2D eigenvalue weighted by molar-refractivity contribution is -0.134. The van der Waals surface area contributed by atoms with Crippen LogP contribution in [-0.2, 0) is 11.2 Å². The molecule has 1 aliphatic heterocycles. The Labute approximate surface area is 131 Å². The summed E-state index contributed by atoms with van der Waals surface area (Å²) in [5.74, 6) is 0.702. The number of aliphatic hydroxyl groups is 1. The van der Waals surface area contributed by atoms with Crippen molar-refractivity contribution in [2.75, 3.05) is 19.8 Å². The minimum atomic E-state index is 0.00208. The highest BCUT2D eigenvalue weighted by molar-refractivity contribution is 5.79. The number of ether oxygens (including phenoxy) is 1. The summed E-state index contributed by atoms with van der Waals surface area (Å²) in [7, 11) is 0. The fraction of sp³-hybridized carbons (Fsp3) is 0.529. The highest BCUT2D eigenvalue weighted by Gasteiger charge is 2.26. The predicted molar refractivity (Wildman–Crippen MR) is 82.3 cm³/mol. The standard InChI is InChI=1S/C17H22N2O3/c18-8-11-22-16-6-3-4-14(12-16)13-17(21)19-9-2-1-5-15(19)7-10-20/h3-4,6,12,15,20H,1-2,5,7,9-11,13H2. The number of nitrogens with zero attached hydrogens (tertiary/aromatic N) is 2. The molecular formula is C17H22N2O3. The molecule has 0 aromatic heterocycles. The first-order valence-electron chi connectivity index (χ1n) is 7.73. The number of carbonyl (C=O) groups excluding carboxylic acids is 1. The van der Waals surface area contributed by atoms with Crippen LogP contribution < -0.4 is 4.74 Å². The van der Waals surface area contributed by atoms with Gasteiger partial charge in [-0.3, -0.25) is 4.79 Å². The molecule has 118 valence electrons. The fourth-order valence-corrected chi connectivity index (χ4v) is 2.92. The second-order valence-electron chi connectivity index (χ2n) is 5.52. The highest BCUT2D eigenvalue weighted by Crippen LogP contribution is 2.21. The summed E-state index contributed by atoms with van der Waals surface area (Å²) in [6.45, 7) is 0.891. The summed E-state index contributed by atoms with van der Waals surface area (Å²) in [6.07, 6.45) is 4.09. The van der Waals surface area contributed by atoms with Gasteiger partial charge in [0.15, 0.2) is 6.61 Å². The highest BCUT2D eigenvalue weighted by atomic mass is 16.5. The first-order valence-corrected chi connectivity index (χ1v) is 7.73. The molecule has 1 aliphatic rings. The van der Waals surface area contributed by atoms with Gasteiger partial charge >= 0.3 is 0 Å². The van der Waals surface area contributed by atoms with Gasteiger partial charge in [-0.2, -0.15) is 5.26 Å². The minimum Gasteiger partial charge on any atom is -0.479 e. The van der Waals surface area contributed by atoms with Crippen molar-refractivity contribution in [2.24, 2.45) is 0 Å². The lowest BCUT2D eigenvalue weighted by Gasteiger charge is -2.35. The summed E-state index contributed by atoms with van der Waals surface area (Å²) in [5.41, 5.74) is 0.883. The lowest BCUT2D eigenvalue weighted by atomic mass is 9.98. The van der Waals surface area contributed by atoms with Crippen LogP contribution in [0, 0.1) is 11.3 Å². The predicted octanol–water partition coefficient (Wildman–Crippen LogP) is 1.89. The molecule has 0 spiro atoms. The van der Waals surface area contributed by atoms with Crippen LogP contribution in [0.15, 0.2) is 24.3 Å². The number of hydrogen-bond acceptors (Lipinski definition) is 4. The zero-order valence-electron chi connectivity index (χ0n) is 12.7. The number of benzene rings is 1. The number of aliphatic hydroxyl groups excluding tert-OH is 1. The van der Waals surface area contributed by atoms with E-state index in [1.165, 1.54) is 0 Å². The van der Waals surface area contributed by atoms with Gasteiger partial charge in [-0.25, -0.2) is 0 Å². The Balaban J connectivity index is 1.99. The molecule has 1 aromatic carbocycles. The van der Waals surface area contributed by atoms with E-state index in [4.69, 9.17) is 15.1 Å².